The molecule has 0 atom stereocenters. The summed E-state index contributed by atoms with van der Waals surface area (Å²) in [6.07, 6.45) is 1.20. The van der Waals surface area contributed by atoms with Gasteiger partial charge in [-0.3, -0.25) is 4.90 Å². The van der Waals surface area contributed by atoms with Crippen LogP contribution >= 0.6 is 0 Å². The molecule has 1 amide bonds. The summed E-state index contributed by atoms with van der Waals surface area (Å²) in [6.45, 7) is 6.33. The predicted molar refractivity (Wildman–Crippen MR) is 121 cm³/mol. The number of nitrogens with zero attached hydrogens (tertiary/aromatic N) is 3. The fraction of sp³-hybridized carbons (Fsp3) is 0.240. The van der Waals surface area contributed by atoms with E-state index < -0.39 is 11.7 Å². The second kappa shape index (κ2) is 8.60. The molecule has 0 N–H and O–H groups in total. The van der Waals surface area contributed by atoms with E-state index in [-0.39, 0.29) is 0 Å². The van der Waals surface area contributed by atoms with E-state index in [2.05, 4.69) is 4.98 Å². The lowest BCUT2D eigenvalue weighted by atomic mass is 10.0. The number of anilines is 1. The highest BCUT2D eigenvalue weighted by Crippen LogP contribution is 2.34. The Kier molecular flexibility index (Phi) is 5.71. The number of ether oxygens (including phenoxy) is 2. The average Bonchev–Trinajstić information content (AvgIpc) is 2.77. The van der Waals surface area contributed by atoms with E-state index in [1.807, 2.05) is 81.4 Å². The zero-order chi connectivity index (χ0) is 21.8. The molecule has 31 heavy (non-hydrogen) atoms. The summed E-state index contributed by atoms with van der Waals surface area (Å²) in [6, 6.07) is 21.7. The van der Waals surface area contributed by atoms with Crippen molar-refractivity contribution < 1.29 is 14.3 Å². The molecule has 3 aromatic rings. The fourth-order valence-corrected chi connectivity index (χ4v) is 3.28. The Morgan fingerprint density at radius 2 is 1.65 bits per heavy atom. The summed E-state index contributed by atoms with van der Waals surface area (Å²) in [4.78, 5) is 23.6. The number of hydrogen-bond donors (Lipinski definition) is 0. The van der Waals surface area contributed by atoms with Gasteiger partial charge in [-0.15, -0.1) is 0 Å². The van der Waals surface area contributed by atoms with Crippen molar-refractivity contribution in [3.63, 3.8) is 0 Å². The molecule has 0 radical (unpaired) electrons. The molecule has 1 aliphatic heterocycles. The number of carbonyl (C=O) groups is 1. The van der Waals surface area contributed by atoms with Gasteiger partial charge in [-0.2, -0.15) is 0 Å². The molecule has 1 aromatic heterocycles. The monoisotopic (exact) mass is 415 g/mol. The third-order valence-corrected chi connectivity index (χ3v) is 4.63. The molecular weight excluding hydrogens is 390 g/mol. The van der Waals surface area contributed by atoms with Crippen molar-refractivity contribution in [3.8, 4) is 5.75 Å². The SMILES string of the molecule is CC(C)(C)OC(=O)N1CCOc2cnc(N=C(c3ccccc3)c3ccccc3)cc21. The molecule has 0 saturated carbocycles. The summed E-state index contributed by atoms with van der Waals surface area (Å²) in [5.74, 6) is 1.03. The van der Waals surface area contributed by atoms with Gasteiger partial charge in [0.1, 0.15) is 12.2 Å². The first-order valence-corrected chi connectivity index (χ1v) is 10.2. The lowest BCUT2D eigenvalue weighted by Crippen LogP contribution is -2.41. The van der Waals surface area contributed by atoms with E-state index in [1.165, 1.54) is 0 Å². The van der Waals surface area contributed by atoms with Gasteiger partial charge < -0.3 is 9.47 Å². The second-order valence-electron chi connectivity index (χ2n) is 8.18. The third kappa shape index (κ3) is 4.91. The van der Waals surface area contributed by atoms with Crippen LogP contribution in [-0.2, 0) is 4.74 Å². The lowest BCUT2D eigenvalue weighted by molar-refractivity contribution is 0.0567. The van der Waals surface area contributed by atoms with Crippen LogP contribution in [0.5, 0.6) is 5.75 Å². The maximum atomic E-state index is 12.7. The zero-order valence-electron chi connectivity index (χ0n) is 17.9. The van der Waals surface area contributed by atoms with E-state index in [0.717, 1.165) is 16.8 Å². The fourth-order valence-electron chi connectivity index (χ4n) is 3.28. The first-order valence-electron chi connectivity index (χ1n) is 10.2. The highest BCUT2D eigenvalue weighted by Gasteiger charge is 2.29. The Bertz CT molecular complexity index is 1050. The van der Waals surface area contributed by atoms with Crippen LogP contribution in [0.15, 0.2) is 77.9 Å². The average molecular weight is 415 g/mol. The summed E-state index contributed by atoms with van der Waals surface area (Å²) < 4.78 is 11.3. The van der Waals surface area contributed by atoms with Crippen molar-refractivity contribution in [2.75, 3.05) is 18.1 Å². The second-order valence-corrected chi connectivity index (χ2v) is 8.18. The number of hydrogen-bond acceptors (Lipinski definition) is 5. The molecule has 0 saturated heterocycles. The molecular formula is C25H25N3O3. The number of aliphatic imine (C=N–C) groups is 1. The molecule has 6 nitrogen and oxygen atoms in total. The summed E-state index contributed by atoms with van der Waals surface area (Å²) in [7, 11) is 0. The third-order valence-electron chi connectivity index (χ3n) is 4.63. The normalized spacial score (nSPS) is 13.1. The predicted octanol–water partition coefficient (Wildman–Crippen LogP) is 5.38. The van der Waals surface area contributed by atoms with Crippen LogP contribution < -0.4 is 9.64 Å². The maximum Gasteiger partial charge on any atom is 0.415 e. The van der Waals surface area contributed by atoms with Crippen molar-refractivity contribution in [2.45, 2.75) is 26.4 Å². The molecule has 0 fully saturated rings. The first kappa shape index (κ1) is 20.6. The van der Waals surface area contributed by atoms with Crippen molar-refractivity contribution >= 4 is 23.3 Å². The quantitative estimate of drug-likeness (QED) is 0.539. The number of pyridine rings is 1. The molecule has 4 rings (SSSR count). The van der Waals surface area contributed by atoms with Crippen LogP contribution in [0.25, 0.3) is 0 Å². The van der Waals surface area contributed by atoms with E-state index in [0.29, 0.717) is 30.4 Å². The number of fused-ring (bicyclic) bond motifs is 1. The summed E-state index contributed by atoms with van der Waals surface area (Å²) in [5.41, 5.74) is 2.78. The van der Waals surface area contributed by atoms with E-state index in [9.17, 15) is 4.79 Å². The van der Waals surface area contributed by atoms with Crippen LogP contribution in [0.2, 0.25) is 0 Å². The topological polar surface area (TPSA) is 64.0 Å². The van der Waals surface area contributed by atoms with Gasteiger partial charge in [-0.25, -0.2) is 14.8 Å². The molecule has 0 bridgehead atoms. The maximum absolute atomic E-state index is 12.7. The number of benzene rings is 2. The molecule has 2 heterocycles. The number of amides is 1. The molecule has 6 heteroatoms. The minimum atomic E-state index is -0.586. The Morgan fingerprint density at radius 1 is 1.03 bits per heavy atom. The van der Waals surface area contributed by atoms with Gasteiger partial charge in [0.05, 0.1) is 24.1 Å². The molecule has 158 valence electrons. The van der Waals surface area contributed by atoms with Crippen LogP contribution in [0, 0.1) is 0 Å². The molecule has 2 aromatic carbocycles. The Labute approximate surface area is 182 Å². The largest absolute Gasteiger partial charge is 0.488 e. The van der Waals surface area contributed by atoms with E-state index in [1.54, 1.807) is 17.2 Å². The molecule has 1 aliphatic rings. The van der Waals surface area contributed by atoms with Gasteiger partial charge in [-0.1, -0.05) is 60.7 Å². The summed E-state index contributed by atoms with van der Waals surface area (Å²) in [5, 5.41) is 0. The van der Waals surface area contributed by atoms with Crippen LogP contribution in [0.3, 0.4) is 0 Å². The van der Waals surface area contributed by atoms with Crippen LogP contribution in [-0.4, -0.2) is 35.5 Å². The Balaban J connectivity index is 1.75. The van der Waals surface area contributed by atoms with Gasteiger partial charge in [0, 0.05) is 17.2 Å². The van der Waals surface area contributed by atoms with Crippen molar-refractivity contribution in [1.82, 2.24) is 4.98 Å². The van der Waals surface area contributed by atoms with Gasteiger partial charge in [0.2, 0.25) is 0 Å². The number of carbonyl (C=O) groups excluding carboxylic acids is 1. The minimum absolute atomic E-state index is 0.385. The molecule has 0 aliphatic carbocycles. The van der Waals surface area contributed by atoms with Gasteiger partial charge in [-0.05, 0) is 20.8 Å². The van der Waals surface area contributed by atoms with E-state index in [4.69, 9.17) is 14.5 Å². The standard InChI is InChI=1S/C25H25N3O3/c1-25(2,3)31-24(29)28-14-15-30-21-17-26-22(16-20(21)28)27-23(18-10-6-4-7-11-18)19-12-8-5-9-13-19/h4-13,16-17H,14-15H2,1-3H3. The van der Waals surface area contributed by atoms with Crippen LogP contribution in [0.4, 0.5) is 16.3 Å². The first-order chi connectivity index (χ1) is 14.9. The Hall–Kier alpha value is -3.67. The Morgan fingerprint density at radius 3 is 2.23 bits per heavy atom. The van der Waals surface area contributed by atoms with Crippen molar-refractivity contribution in [3.05, 3.63) is 84.1 Å². The smallest absolute Gasteiger partial charge is 0.415 e. The van der Waals surface area contributed by atoms with Crippen molar-refractivity contribution in [2.24, 2.45) is 4.99 Å². The number of rotatable bonds is 3. The summed E-state index contributed by atoms with van der Waals surface area (Å²) >= 11 is 0. The molecule has 0 spiro atoms. The molecule has 0 unspecified atom stereocenters. The number of aromatic nitrogens is 1. The highest BCUT2D eigenvalue weighted by molar-refractivity contribution is 6.13. The van der Waals surface area contributed by atoms with Gasteiger partial charge >= 0.3 is 6.09 Å². The minimum Gasteiger partial charge on any atom is -0.488 e. The lowest BCUT2D eigenvalue weighted by Gasteiger charge is -2.31. The van der Waals surface area contributed by atoms with Crippen molar-refractivity contribution in [1.29, 1.82) is 0 Å². The van der Waals surface area contributed by atoms with Crippen LogP contribution in [0.1, 0.15) is 31.9 Å². The van der Waals surface area contributed by atoms with E-state index >= 15 is 0 Å². The zero-order valence-corrected chi connectivity index (χ0v) is 17.9. The highest BCUT2D eigenvalue weighted by atomic mass is 16.6. The van der Waals surface area contributed by atoms with Gasteiger partial charge in [0.15, 0.2) is 11.6 Å². The van der Waals surface area contributed by atoms with Gasteiger partial charge in [0.25, 0.3) is 0 Å².